The summed E-state index contributed by atoms with van der Waals surface area (Å²) in [7, 11) is 1.68. The molecule has 1 N–H and O–H groups in total. The molecule has 2 nitrogen and oxygen atoms in total. The van der Waals surface area contributed by atoms with Crippen molar-refractivity contribution in [2.24, 2.45) is 4.99 Å². The van der Waals surface area contributed by atoms with Crippen LogP contribution in [0.2, 0.25) is 0 Å². The maximum absolute atomic E-state index is 13.2. The Morgan fingerprint density at radius 3 is 3.00 bits per heavy atom. The molecule has 1 aromatic carbocycles. The first-order valence-electron chi connectivity index (χ1n) is 4.00. The summed E-state index contributed by atoms with van der Waals surface area (Å²) in [5, 5.41) is 0.609. The minimum Gasteiger partial charge on any atom is -0.354 e. The van der Waals surface area contributed by atoms with E-state index in [1.807, 2.05) is 6.07 Å². The second-order valence-corrected chi connectivity index (χ2v) is 2.81. The van der Waals surface area contributed by atoms with Gasteiger partial charge >= 0.3 is 0 Å². The van der Waals surface area contributed by atoms with E-state index in [0.717, 1.165) is 11.2 Å². The highest BCUT2D eigenvalue weighted by molar-refractivity contribution is 5.89. The Kier molecular flexibility index (Phi) is 1.85. The number of fused-ring (bicyclic) bond motifs is 1. The molecule has 0 aliphatic heterocycles. The van der Waals surface area contributed by atoms with Crippen LogP contribution in [0, 0.1) is 5.82 Å². The van der Waals surface area contributed by atoms with E-state index in [1.54, 1.807) is 25.4 Å². The molecule has 1 aromatic heterocycles. The molecule has 2 aromatic rings. The number of hydrogen-bond acceptors (Lipinski definition) is 1. The monoisotopic (exact) mass is 176 g/mol. The standard InChI is InChI=1S/C10H9FN2/c1-12-6-7-5-8-9(11)3-2-4-10(8)13-7/h2-6,13H,1H3/b12-6+. The van der Waals surface area contributed by atoms with E-state index >= 15 is 0 Å². The van der Waals surface area contributed by atoms with Gasteiger partial charge in [-0.15, -0.1) is 0 Å². The van der Waals surface area contributed by atoms with Crippen LogP contribution in [-0.2, 0) is 0 Å². The number of hydrogen-bond donors (Lipinski definition) is 1. The van der Waals surface area contributed by atoms with Gasteiger partial charge < -0.3 is 4.98 Å². The highest BCUT2D eigenvalue weighted by Crippen LogP contribution is 2.17. The molecule has 66 valence electrons. The predicted octanol–water partition coefficient (Wildman–Crippen LogP) is 2.36. The average molecular weight is 176 g/mol. The first-order chi connectivity index (χ1) is 6.31. The topological polar surface area (TPSA) is 28.1 Å². The van der Waals surface area contributed by atoms with Gasteiger partial charge in [0.2, 0.25) is 0 Å². The average Bonchev–Trinajstić information content (AvgIpc) is 2.49. The van der Waals surface area contributed by atoms with E-state index in [0.29, 0.717) is 5.39 Å². The summed E-state index contributed by atoms with van der Waals surface area (Å²) < 4.78 is 13.2. The molecule has 2 rings (SSSR count). The van der Waals surface area contributed by atoms with Crippen molar-refractivity contribution in [2.45, 2.75) is 0 Å². The third-order valence-electron chi connectivity index (χ3n) is 1.90. The van der Waals surface area contributed by atoms with Crippen LogP contribution in [0.3, 0.4) is 0 Å². The molecule has 0 saturated heterocycles. The Bertz CT molecular complexity index is 457. The number of aromatic nitrogens is 1. The lowest BCUT2D eigenvalue weighted by molar-refractivity contribution is 0.640. The normalized spacial score (nSPS) is 11.5. The zero-order valence-electron chi connectivity index (χ0n) is 7.21. The van der Waals surface area contributed by atoms with Gasteiger partial charge in [0, 0.05) is 24.2 Å². The lowest BCUT2D eigenvalue weighted by Gasteiger charge is -1.88. The molecule has 0 atom stereocenters. The molecule has 3 heteroatoms. The smallest absolute Gasteiger partial charge is 0.132 e. The van der Waals surface area contributed by atoms with Gasteiger partial charge in [-0.1, -0.05) is 6.07 Å². The molecule has 0 fully saturated rings. The number of rotatable bonds is 1. The molecule has 0 unspecified atom stereocenters. The third-order valence-corrected chi connectivity index (χ3v) is 1.90. The number of H-pyrrole nitrogens is 1. The molecular formula is C10H9FN2. The van der Waals surface area contributed by atoms with Crippen LogP contribution >= 0.6 is 0 Å². The van der Waals surface area contributed by atoms with Crippen LogP contribution in [-0.4, -0.2) is 18.2 Å². The van der Waals surface area contributed by atoms with Gasteiger partial charge in [0.05, 0.1) is 5.69 Å². The number of nitrogens with zero attached hydrogens (tertiary/aromatic N) is 1. The Balaban J connectivity index is 2.68. The summed E-state index contributed by atoms with van der Waals surface area (Å²) in [5.41, 5.74) is 1.62. The van der Waals surface area contributed by atoms with E-state index in [9.17, 15) is 4.39 Å². The molecular weight excluding hydrogens is 167 g/mol. The van der Waals surface area contributed by atoms with E-state index in [2.05, 4.69) is 9.98 Å². The summed E-state index contributed by atoms with van der Waals surface area (Å²) in [4.78, 5) is 6.90. The third kappa shape index (κ3) is 1.33. The lowest BCUT2D eigenvalue weighted by atomic mass is 10.2. The minimum atomic E-state index is -0.204. The van der Waals surface area contributed by atoms with Crippen LogP contribution < -0.4 is 0 Å². The number of halogens is 1. The first-order valence-corrected chi connectivity index (χ1v) is 4.00. The Morgan fingerprint density at radius 1 is 1.46 bits per heavy atom. The fourth-order valence-electron chi connectivity index (χ4n) is 1.35. The molecule has 0 bridgehead atoms. The Hall–Kier alpha value is -1.64. The van der Waals surface area contributed by atoms with Gasteiger partial charge in [-0.2, -0.15) is 0 Å². The van der Waals surface area contributed by atoms with Crippen molar-refractivity contribution in [2.75, 3.05) is 7.05 Å². The van der Waals surface area contributed by atoms with Crippen LogP contribution in [0.1, 0.15) is 5.69 Å². The van der Waals surface area contributed by atoms with Gasteiger partial charge in [0.25, 0.3) is 0 Å². The lowest BCUT2D eigenvalue weighted by Crippen LogP contribution is -1.76. The molecule has 0 spiro atoms. The summed E-state index contributed by atoms with van der Waals surface area (Å²) in [6, 6.07) is 6.72. The number of benzene rings is 1. The van der Waals surface area contributed by atoms with Crippen molar-refractivity contribution in [3.63, 3.8) is 0 Å². The Labute approximate surface area is 75.1 Å². The quantitative estimate of drug-likeness (QED) is 0.646. The minimum absolute atomic E-state index is 0.204. The van der Waals surface area contributed by atoms with Crippen molar-refractivity contribution in [3.05, 3.63) is 35.8 Å². The summed E-state index contributed by atoms with van der Waals surface area (Å²) >= 11 is 0. The molecule has 0 saturated carbocycles. The molecule has 0 amide bonds. The van der Waals surface area contributed by atoms with Crippen molar-refractivity contribution in [1.29, 1.82) is 0 Å². The molecule has 13 heavy (non-hydrogen) atoms. The summed E-state index contributed by atoms with van der Waals surface area (Å²) in [5.74, 6) is -0.204. The molecule has 0 aliphatic carbocycles. The van der Waals surface area contributed by atoms with Crippen molar-refractivity contribution < 1.29 is 4.39 Å². The predicted molar refractivity (Wildman–Crippen MR) is 51.8 cm³/mol. The van der Waals surface area contributed by atoms with Crippen LogP contribution in [0.5, 0.6) is 0 Å². The largest absolute Gasteiger partial charge is 0.354 e. The van der Waals surface area contributed by atoms with Crippen LogP contribution in [0.25, 0.3) is 10.9 Å². The second-order valence-electron chi connectivity index (χ2n) is 2.81. The van der Waals surface area contributed by atoms with Crippen LogP contribution in [0.15, 0.2) is 29.3 Å². The van der Waals surface area contributed by atoms with Crippen molar-refractivity contribution >= 4 is 17.1 Å². The van der Waals surface area contributed by atoms with Gasteiger partial charge in [0.1, 0.15) is 5.82 Å². The highest BCUT2D eigenvalue weighted by atomic mass is 19.1. The maximum Gasteiger partial charge on any atom is 0.132 e. The SMILES string of the molecule is C/N=C/c1cc2c(F)cccc2[nH]1. The zero-order chi connectivity index (χ0) is 9.26. The van der Waals surface area contributed by atoms with E-state index in [-0.39, 0.29) is 5.82 Å². The van der Waals surface area contributed by atoms with Crippen molar-refractivity contribution in [3.8, 4) is 0 Å². The Morgan fingerprint density at radius 2 is 2.31 bits per heavy atom. The van der Waals surface area contributed by atoms with E-state index in [4.69, 9.17) is 0 Å². The van der Waals surface area contributed by atoms with E-state index < -0.39 is 0 Å². The first kappa shape index (κ1) is 7.98. The number of nitrogens with one attached hydrogen (secondary N) is 1. The second kappa shape index (κ2) is 3.01. The summed E-state index contributed by atoms with van der Waals surface area (Å²) in [6.45, 7) is 0. The van der Waals surface area contributed by atoms with Gasteiger partial charge in [-0.25, -0.2) is 4.39 Å². The highest BCUT2D eigenvalue weighted by Gasteiger charge is 2.02. The fraction of sp³-hybridized carbons (Fsp3) is 0.100. The van der Waals surface area contributed by atoms with Crippen molar-refractivity contribution in [1.82, 2.24) is 4.98 Å². The molecule has 1 heterocycles. The summed E-state index contributed by atoms with van der Waals surface area (Å²) in [6.07, 6.45) is 1.67. The molecule has 0 aliphatic rings. The maximum atomic E-state index is 13.2. The van der Waals surface area contributed by atoms with Gasteiger partial charge in [-0.05, 0) is 18.2 Å². The zero-order valence-corrected chi connectivity index (χ0v) is 7.21. The number of aromatic amines is 1. The van der Waals surface area contributed by atoms with Crippen LogP contribution in [0.4, 0.5) is 4.39 Å². The number of aliphatic imine (C=N–C) groups is 1. The van der Waals surface area contributed by atoms with Gasteiger partial charge in [-0.3, -0.25) is 4.99 Å². The van der Waals surface area contributed by atoms with Gasteiger partial charge in [0.15, 0.2) is 0 Å². The molecule has 0 radical (unpaired) electrons. The fourth-order valence-corrected chi connectivity index (χ4v) is 1.35. The van der Waals surface area contributed by atoms with E-state index in [1.165, 1.54) is 6.07 Å².